The molecule has 0 saturated carbocycles. The molecule has 2 aromatic heterocycles. The zero-order valence-electron chi connectivity index (χ0n) is 18.7. The fourth-order valence-corrected chi connectivity index (χ4v) is 4.38. The Morgan fingerprint density at radius 2 is 1.57 bits per heavy atom. The van der Waals surface area contributed by atoms with E-state index >= 15 is 0 Å². The molecule has 0 radical (unpaired) electrons. The van der Waals surface area contributed by atoms with Crippen molar-refractivity contribution in [2.45, 2.75) is 65.5 Å². The number of thiophene rings is 1. The number of pyridine rings is 1. The highest BCUT2D eigenvalue weighted by Crippen LogP contribution is 2.33. The van der Waals surface area contributed by atoms with Crippen molar-refractivity contribution in [1.82, 2.24) is 4.98 Å². The van der Waals surface area contributed by atoms with Gasteiger partial charge in [-0.15, -0.1) is 23.1 Å². The summed E-state index contributed by atoms with van der Waals surface area (Å²) in [4.78, 5) is 5.94. The summed E-state index contributed by atoms with van der Waals surface area (Å²) >= 11 is 3.76. The van der Waals surface area contributed by atoms with Crippen LogP contribution in [0.3, 0.4) is 0 Å². The third-order valence-electron chi connectivity index (χ3n) is 3.51. The van der Waals surface area contributed by atoms with Gasteiger partial charge in [-0.2, -0.15) is 0 Å². The summed E-state index contributed by atoms with van der Waals surface area (Å²) in [7, 11) is 0. The molecule has 28 heavy (non-hydrogen) atoms. The maximum Gasteiger partial charge on any atom is 0.125 e. The molecule has 0 fully saturated rings. The smallest absolute Gasteiger partial charge is 0.125 e. The SMILES string of the molecule is C/C=C\C.CC.CC.CCCCSc1cc2ccc(-c3ccccc3)nc2s1. The lowest BCUT2D eigenvalue weighted by Crippen LogP contribution is -1.81. The van der Waals surface area contributed by atoms with E-state index in [1.807, 2.05) is 82.9 Å². The number of aromatic nitrogens is 1. The van der Waals surface area contributed by atoms with E-state index in [1.54, 1.807) is 0 Å². The van der Waals surface area contributed by atoms with Crippen molar-refractivity contribution in [3.05, 3.63) is 60.7 Å². The Morgan fingerprint density at radius 3 is 2.14 bits per heavy atom. The standard InChI is InChI=1S/C17H17NS2.C4H8.2C2H6/c1-2-3-11-19-16-12-14-9-10-15(18-17(14)20-16)13-7-5-4-6-8-13;1-3-4-2;2*1-2/h4-10,12H,2-3,11H2,1H3;3-4H,1-2H3;2*1-2H3/b;4-3-;;. The minimum Gasteiger partial charge on any atom is -0.237 e. The first kappa shape index (κ1) is 26.4. The van der Waals surface area contributed by atoms with E-state index in [0.29, 0.717) is 0 Å². The Hall–Kier alpha value is -1.58. The van der Waals surface area contributed by atoms with Crippen LogP contribution in [0.2, 0.25) is 0 Å². The van der Waals surface area contributed by atoms with Gasteiger partial charge in [0, 0.05) is 10.9 Å². The van der Waals surface area contributed by atoms with Crippen molar-refractivity contribution >= 4 is 33.3 Å². The molecule has 0 unspecified atom stereocenters. The summed E-state index contributed by atoms with van der Waals surface area (Å²) in [5.74, 6) is 1.20. The summed E-state index contributed by atoms with van der Waals surface area (Å²) in [6, 6.07) is 16.9. The summed E-state index contributed by atoms with van der Waals surface area (Å²) in [6.45, 7) is 14.2. The predicted octanol–water partition coefficient (Wildman–Crippen LogP) is 9.49. The molecule has 3 aromatic rings. The van der Waals surface area contributed by atoms with Crippen LogP contribution in [-0.2, 0) is 0 Å². The van der Waals surface area contributed by atoms with Crippen LogP contribution < -0.4 is 0 Å². The molecule has 0 atom stereocenters. The van der Waals surface area contributed by atoms with Gasteiger partial charge in [0.05, 0.1) is 9.90 Å². The quantitative estimate of drug-likeness (QED) is 0.234. The zero-order chi connectivity index (χ0) is 21.2. The normalized spacial score (nSPS) is 9.68. The number of fused-ring (bicyclic) bond motifs is 1. The molecular weight excluding hydrogens is 378 g/mol. The molecule has 1 nitrogen and oxygen atoms in total. The van der Waals surface area contributed by atoms with Gasteiger partial charge in [0.2, 0.25) is 0 Å². The predicted molar refractivity (Wildman–Crippen MR) is 134 cm³/mol. The molecule has 0 N–H and O–H groups in total. The van der Waals surface area contributed by atoms with Gasteiger partial charge in [0.15, 0.2) is 0 Å². The lowest BCUT2D eigenvalue weighted by atomic mass is 10.1. The minimum absolute atomic E-state index is 1.06. The number of hydrogen-bond donors (Lipinski definition) is 0. The number of rotatable bonds is 5. The third-order valence-corrected chi connectivity index (χ3v) is 5.84. The maximum atomic E-state index is 4.80. The van der Waals surface area contributed by atoms with Crippen molar-refractivity contribution in [3.8, 4) is 11.3 Å². The van der Waals surface area contributed by atoms with E-state index in [-0.39, 0.29) is 0 Å². The molecule has 0 bridgehead atoms. The van der Waals surface area contributed by atoms with Gasteiger partial charge in [-0.25, -0.2) is 4.98 Å². The molecule has 0 aliphatic carbocycles. The molecule has 0 aliphatic rings. The zero-order valence-corrected chi connectivity index (χ0v) is 20.3. The Balaban J connectivity index is 0.000000797. The molecule has 3 rings (SSSR count). The molecule has 2 heterocycles. The monoisotopic (exact) mass is 415 g/mol. The summed E-state index contributed by atoms with van der Waals surface area (Å²) in [5.41, 5.74) is 2.24. The summed E-state index contributed by atoms with van der Waals surface area (Å²) in [6.07, 6.45) is 6.54. The van der Waals surface area contributed by atoms with Crippen molar-refractivity contribution < 1.29 is 0 Å². The summed E-state index contributed by atoms with van der Waals surface area (Å²) in [5, 5.41) is 1.26. The van der Waals surface area contributed by atoms with Crippen molar-refractivity contribution in [2.75, 3.05) is 5.75 Å². The molecule has 1 aromatic carbocycles. The lowest BCUT2D eigenvalue weighted by Gasteiger charge is -1.99. The van der Waals surface area contributed by atoms with E-state index in [1.165, 1.54) is 33.8 Å². The lowest BCUT2D eigenvalue weighted by molar-refractivity contribution is 0.896. The van der Waals surface area contributed by atoms with Gasteiger partial charge in [-0.05, 0) is 44.2 Å². The van der Waals surface area contributed by atoms with Crippen molar-refractivity contribution in [3.63, 3.8) is 0 Å². The highest BCUT2D eigenvalue weighted by Gasteiger charge is 2.06. The Kier molecular flexibility index (Phi) is 16.5. The van der Waals surface area contributed by atoms with Crippen LogP contribution in [0.1, 0.15) is 61.3 Å². The Bertz CT molecular complexity index is 757. The molecular formula is C25H37NS2. The van der Waals surface area contributed by atoms with Gasteiger partial charge in [-0.1, -0.05) is 83.5 Å². The fourth-order valence-electron chi connectivity index (χ4n) is 2.05. The van der Waals surface area contributed by atoms with Crippen LogP contribution in [0.15, 0.2) is 64.9 Å². The number of allylic oxidation sites excluding steroid dienone is 2. The number of benzene rings is 1. The number of thioether (sulfide) groups is 1. The van der Waals surface area contributed by atoms with Crippen molar-refractivity contribution in [2.24, 2.45) is 0 Å². The first-order valence-corrected chi connectivity index (χ1v) is 12.2. The fraction of sp³-hybridized carbons (Fsp3) is 0.400. The van der Waals surface area contributed by atoms with E-state index in [0.717, 1.165) is 10.5 Å². The highest BCUT2D eigenvalue weighted by atomic mass is 32.2. The second kappa shape index (κ2) is 17.5. The molecule has 0 amide bonds. The van der Waals surface area contributed by atoms with Crippen molar-refractivity contribution in [1.29, 1.82) is 0 Å². The number of unbranched alkanes of at least 4 members (excludes halogenated alkanes) is 1. The third kappa shape index (κ3) is 9.57. The maximum absolute atomic E-state index is 4.80. The molecule has 3 heteroatoms. The van der Waals surface area contributed by atoms with Crippen LogP contribution >= 0.6 is 23.1 Å². The second-order valence-corrected chi connectivity index (χ2v) is 7.82. The first-order chi connectivity index (χ1) is 13.8. The van der Waals surface area contributed by atoms with Gasteiger partial charge in [-0.3, -0.25) is 0 Å². The van der Waals surface area contributed by atoms with Gasteiger partial charge in [0.1, 0.15) is 4.83 Å². The average molecular weight is 416 g/mol. The van der Waals surface area contributed by atoms with Crippen LogP contribution in [-0.4, -0.2) is 10.7 Å². The van der Waals surface area contributed by atoms with E-state index in [9.17, 15) is 0 Å². The first-order valence-electron chi connectivity index (χ1n) is 10.4. The molecule has 0 aliphatic heterocycles. The number of hydrogen-bond acceptors (Lipinski definition) is 3. The molecule has 0 saturated heterocycles. The molecule has 154 valence electrons. The number of nitrogens with zero attached hydrogens (tertiary/aromatic N) is 1. The second-order valence-electron chi connectivity index (χ2n) is 5.39. The van der Waals surface area contributed by atoms with Crippen LogP contribution in [0, 0.1) is 0 Å². The van der Waals surface area contributed by atoms with Crippen LogP contribution in [0.25, 0.3) is 21.5 Å². The highest BCUT2D eigenvalue weighted by molar-refractivity contribution is 8.01. The molecule has 0 spiro atoms. The minimum atomic E-state index is 1.06. The van der Waals surface area contributed by atoms with E-state index in [2.05, 4.69) is 49.4 Å². The Morgan fingerprint density at radius 1 is 0.929 bits per heavy atom. The summed E-state index contributed by atoms with van der Waals surface area (Å²) < 4.78 is 1.38. The van der Waals surface area contributed by atoms with Crippen LogP contribution in [0.4, 0.5) is 0 Å². The van der Waals surface area contributed by atoms with E-state index < -0.39 is 0 Å². The van der Waals surface area contributed by atoms with Crippen LogP contribution in [0.5, 0.6) is 0 Å². The van der Waals surface area contributed by atoms with E-state index in [4.69, 9.17) is 4.98 Å². The van der Waals surface area contributed by atoms with Gasteiger partial charge >= 0.3 is 0 Å². The largest absolute Gasteiger partial charge is 0.237 e. The average Bonchev–Trinajstić information content (AvgIpc) is 3.19. The Labute approximate surface area is 181 Å². The topological polar surface area (TPSA) is 12.9 Å². The van der Waals surface area contributed by atoms with Gasteiger partial charge in [0.25, 0.3) is 0 Å². The van der Waals surface area contributed by atoms with Gasteiger partial charge < -0.3 is 0 Å².